The zero-order chi connectivity index (χ0) is 27.2. The molecule has 1 aliphatic rings. The molecule has 4 amide bonds. The lowest BCUT2D eigenvalue weighted by molar-refractivity contribution is -0.134. The first-order valence-electron chi connectivity index (χ1n) is 12.3. The molecule has 1 fully saturated rings. The maximum Gasteiger partial charge on any atom is 0.325 e. The maximum absolute atomic E-state index is 13.7. The fourth-order valence-electron chi connectivity index (χ4n) is 4.46. The smallest absolute Gasteiger partial charge is 0.325 e. The third-order valence-corrected chi connectivity index (χ3v) is 7.20. The molecule has 9 heteroatoms. The average molecular weight is 627 g/mol. The zero-order valence-electron chi connectivity index (χ0n) is 21.4. The van der Waals surface area contributed by atoms with Crippen molar-refractivity contribution in [3.8, 4) is 5.75 Å². The summed E-state index contributed by atoms with van der Waals surface area (Å²) in [7, 11) is 1.60. The van der Waals surface area contributed by atoms with Crippen LogP contribution < -0.4 is 15.4 Å². The summed E-state index contributed by atoms with van der Waals surface area (Å²) >= 11 is 2.21. The number of amides is 4. The predicted molar refractivity (Wildman–Crippen MR) is 153 cm³/mol. The van der Waals surface area contributed by atoms with Crippen molar-refractivity contribution in [3.63, 3.8) is 0 Å². The van der Waals surface area contributed by atoms with Gasteiger partial charge in [-0.3, -0.25) is 9.59 Å². The van der Waals surface area contributed by atoms with E-state index in [2.05, 4.69) is 33.2 Å². The van der Waals surface area contributed by atoms with E-state index in [-0.39, 0.29) is 0 Å². The maximum atomic E-state index is 13.7. The molecule has 1 aliphatic heterocycles. The van der Waals surface area contributed by atoms with E-state index in [4.69, 9.17) is 9.47 Å². The molecule has 8 nitrogen and oxygen atoms in total. The Hall–Kier alpha value is -3.44. The summed E-state index contributed by atoms with van der Waals surface area (Å²) in [5, 5.41) is 5.71. The molecule has 1 heterocycles. The number of benzene rings is 3. The van der Waals surface area contributed by atoms with Crippen molar-refractivity contribution < 1.29 is 23.9 Å². The highest BCUT2D eigenvalue weighted by molar-refractivity contribution is 14.1. The van der Waals surface area contributed by atoms with Crippen LogP contribution in [0.5, 0.6) is 5.75 Å². The van der Waals surface area contributed by atoms with E-state index in [1.165, 1.54) is 0 Å². The van der Waals surface area contributed by atoms with Gasteiger partial charge in [0.1, 0.15) is 24.4 Å². The van der Waals surface area contributed by atoms with Crippen molar-refractivity contribution >= 4 is 46.1 Å². The van der Waals surface area contributed by atoms with Gasteiger partial charge < -0.3 is 20.1 Å². The quantitative estimate of drug-likeness (QED) is 0.187. The van der Waals surface area contributed by atoms with E-state index in [9.17, 15) is 14.4 Å². The van der Waals surface area contributed by atoms with Gasteiger partial charge in [0.2, 0.25) is 5.91 Å². The normalized spacial score (nSPS) is 16.6. The van der Waals surface area contributed by atoms with Crippen molar-refractivity contribution in [3.05, 3.63) is 93.1 Å². The van der Waals surface area contributed by atoms with Crippen LogP contribution >= 0.6 is 22.6 Å². The average Bonchev–Trinajstić information content (AvgIpc) is 3.20. The lowest BCUT2D eigenvalue weighted by Crippen LogP contribution is -2.50. The van der Waals surface area contributed by atoms with Gasteiger partial charge in [-0.25, -0.2) is 9.69 Å². The van der Waals surface area contributed by atoms with Gasteiger partial charge in [-0.1, -0.05) is 49.4 Å². The second-order valence-electron chi connectivity index (χ2n) is 9.09. The molecule has 0 bridgehead atoms. The van der Waals surface area contributed by atoms with E-state index in [1.54, 1.807) is 31.4 Å². The highest BCUT2D eigenvalue weighted by Gasteiger charge is 2.47. The van der Waals surface area contributed by atoms with E-state index >= 15 is 0 Å². The predicted octanol–water partition coefficient (Wildman–Crippen LogP) is 5.03. The Morgan fingerprint density at radius 3 is 2.42 bits per heavy atom. The van der Waals surface area contributed by atoms with Crippen LogP contribution in [0.4, 0.5) is 10.5 Å². The third kappa shape index (κ3) is 6.16. The number of carbonyl (C=O) groups excluding carboxylic acids is 3. The molecule has 0 saturated carbocycles. The van der Waals surface area contributed by atoms with E-state index in [1.807, 2.05) is 62.4 Å². The molecular formula is C29H30IN3O5. The second-order valence-corrected chi connectivity index (χ2v) is 10.3. The number of urea groups is 1. The number of anilines is 1. The summed E-state index contributed by atoms with van der Waals surface area (Å²) in [4.78, 5) is 41.7. The zero-order valence-corrected chi connectivity index (χ0v) is 23.6. The number of hydrogen-bond acceptors (Lipinski definition) is 5. The first-order chi connectivity index (χ1) is 18.3. The second kappa shape index (κ2) is 12.4. The van der Waals surface area contributed by atoms with Crippen LogP contribution in [0.3, 0.4) is 0 Å². The van der Waals surface area contributed by atoms with Gasteiger partial charge >= 0.3 is 6.03 Å². The first-order valence-corrected chi connectivity index (χ1v) is 13.3. The van der Waals surface area contributed by atoms with E-state index in [0.29, 0.717) is 30.2 Å². The molecule has 1 saturated heterocycles. The topological polar surface area (TPSA) is 97.0 Å². The van der Waals surface area contributed by atoms with Gasteiger partial charge in [-0.2, -0.15) is 0 Å². The Labute approximate surface area is 235 Å². The molecule has 38 heavy (non-hydrogen) atoms. The van der Waals surface area contributed by atoms with Gasteiger partial charge in [-0.05, 0) is 76.5 Å². The lowest BCUT2D eigenvalue weighted by atomic mass is 9.91. The number of ether oxygens (including phenoxy) is 2. The van der Waals surface area contributed by atoms with Crippen LogP contribution in [0.1, 0.15) is 35.6 Å². The van der Waals surface area contributed by atoms with Crippen molar-refractivity contribution in [2.75, 3.05) is 25.6 Å². The number of carbonyl (C=O) groups is 3. The molecule has 0 spiro atoms. The molecule has 3 aromatic carbocycles. The third-order valence-electron chi connectivity index (χ3n) is 6.53. The van der Waals surface area contributed by atoms with Crippen molar-refractivity contribution in [1.29, 1.82) is 0 Å². The fraction of sp³-hybridized carbons (Fsp3) is 0.276. The Balaban J connectivity index is 1.62. The minimum Gasteiger partial charge on any atom is -0.491 e. The number of hydrogen-bond donors (Lipinski definition) is 2. The van der Waals surface area contributed by atoms with Crippen molar-refractivity contribution in [2.45, 2.75) is 31.8 Å². The molecule has 3 aromatic rings. The largest absolute Gasteiger partial charge is 0.491 e. The molecule has 2 N–H and O–H groups in total. The number of imide groups is 1. The summed E-state index contributed by atoms with van der Waals surface area (Å²) in [5.74, 6) is -0.741. The Morgan fingerprint density at radius 2 is 1.76 bits per heavy atom. The van der Waals surface area contributed by atoms with Crippen LogP contribution in [0.25, 0.3) is 0 Å². The SMILES string of the molecule is COCCOc1ccc([C@H]2NC(=O)N(C(C(=O)Nc3ccc(I)cc3C)C(C)c3ccccc3)C2=O)cc1. The van der Waals surface area contributed by atoms with Crippen LogP contribution in [0.2, 0.25) is 0 Å². The number of halogens is 1. The van der Waals surface area contributed by atoms with Crippen molar-refractivity contribution in [1.82, 2.24) is 10.2 Å². The number of aryl methyl sites for hydroxylation is 1. The Morgan fingerprint density at radius 1 is 1.05 bits per heavy atom. The highest BCUT2D eigenvalue weighted by Crippen LogP contribution is 2.32. The number of nitrogens with zero attached hydrogens (tertiary/aromatic N) is 1. The molecule has 0 aliphatic carbocycles. The summed E-state index contributed by atoms with van der Waals surface area (Å²) in [6.07, 6.45) is 0. The molecule has 0 aromatic heterocycles. The minimum absolute atomic E-state index is 0.400. The summed E-state index contributed by atoms with van der Waals surface area (Å²) in [6.45, 7) is 4.61. The van der Waals surface area contributed by atoms with Gasteiger partial charge in [0, 0.05) is 22.3 Å². The van der Waals surface area contributed by atoms with Crippen LogP contribution in [0.15, 0.2) is 72.8 Å². The van der Waals surface area contributed by atoms with Gasteiger partial charge in [0.25, 0.3) is 5.91 Å². The molecule has 198 valence electrons. The van der Waals surface area contributed by atoms with Crippen LogP contribution in [0, 0.1) is 10.5 Å². The summed E-state index contributed by atoms with van der Waals surface area (Å²) < 4.78 is 11.6. The molecule has 0 radical (unpaired) electrons. The lowest BCUT2D eigenvalue weighted by Gasteiger charge is -2.30. The van der Waals surface area contributed by atoms with Gasteiger partial charge in [-0.15, -0.1) is 0 Å². The van der Waals surface area contributed by atoms with Crippen molar-refractivity contribution in [2.24, 2.45) is 0 Å². The summed E-state index contributed by atoms with van der Waals surface area (Å²) in [5.41, 5.74) is 2.96. The standard InChI is InChI=1S/C29H30IN3O5/c1-18-17-22(30)11-14-24(18)31-27(34)26(19(2)20-7-5-4-6-8-20)33-28(35)25(32-29(33)36)21-9-12-23(13-10-21)38-16-15-37-3/h4-14,17,19,25-26H,15-16H2,1-3H3,(H,31,34)(H,32,36)/t19?,25-,26?/m1/s1. The number of methoxy groups -OCH3 is 1. The molecule has 4 rings (SSSR count). The minimum atomic E-state index is -1.06. The molecule has 2 unspecified atom stereocenters. The van der Waals surface area contributed by atoms with Gasteiger partial charge in [0.05, 0.1) is 6.61 Å². The highest BCUT2D eigenvalue weighted by atomic mass is 127. The molecule has 3 atom stereocenters. The van der Waals surface area contributed by atoms with Gasteiger partial charge in [0.15, 0.2) is 0 Å². The van der Waals surface area contributed by atoms with E-state index < -0.39 is 35.8 Å². The monoisotopic (exact) mass is 627 g/mol. The Bertz CT molecular complexity index is 1300. The summed E-state index contributed by atoms with van der Waals surface area (Å²) in [6, 6.07) is 19.4. The Kier molecular flexibility index (Phi) is 9.01. The first kappa shape index (κ1) is 27.6. The fourth-order valence-corrected chi connectivity index (χ4v) is 5.11. The number of rotatable bonds is 10. The molecular weight excluding hydrogens is 597 g/mol. The van der Waals surface area contributed by atoms with Crippen LogP contribution in [-0.4, -0.2) is 49.1 Å². The van der Waals surface area contributed by atoms with Crippen LogP contribution in [-0.2, 0) is 14.3 Å². The van der Waals surface area contributed by atoms with E-state index in [0.717, 1.165) is 19.6 Å². The number of nitrogens with one attached hydrogen (secondary N) is 2.